The molecule has 2 amide bonds. The topological polar surface area (TPSA) is 83.8 Å². The number of aromatic nitrogens is 3. The van der Waals surface area contributed by atoms with Gasteiger partial charge in [0.2, 0.25) is 5.91 Å². The number of carbonyl (C=O) groups is 2. The van der Waals surface area contributed by atoms with Crippen molar-refractivity contribution in [1.29, 1.82) is 0 Å². The maximum absolute atomic E-state index is 14.7. The summed E-state index contributed by atoms with van der Waals surface area (Å²) >= 11 is 10.1. The molecular formula is C36H44BrClN6O3. The maximum Gasteiger partial charge on any atom is 0.410 e. The molecule has 9 nitrogen and oxygen atoms in total. The highest BCUT2D eigenvalue weighted by Gasteiger charge is 2.44. The van der Waals surface area contributed by atoms with Gasteiger partial charge in [-0.15, -0.1) is 0 Å². The van der Waals surface area contributed by atoms with Crippen molar-refractivity contribution in [3.05, 3.63) is 80.6 Å². The molecule has 3 aromatic rings. The average Bonchev–Trinajstić information content (AvgIpc) is 3.69. The van der Waals surface area contributed by atoms with Crippen LogP contribution in [0.3, 0.4) is 0 Å². The third kappa shape index (κ3) is 7.10. The average molecular weight is 724 g/mol. The van der Waals surface area contributed by atoms with Crippen LogP contribution < -0.4 is 0 Å². The number of imidazole rings is 1. The molecule has 11 heteroatoms. The van der Waals surface area contributed by atoms with E-state index in [1.54, 1.807) is 4.90 Å². The van der Waals surface area contributed by atoms with Gasteiger partial charge in [-0.2, -0.15) is 0 Å². The smallest absolute Gasteiger partial charge is 0.410 e. The number of fused-ring (bicyclic) bond motifs is 2. The number of nitrogens with zero attached hydrogens (tertiary/aromatic N) is 6. The number of hydrogen-bond donors (Lipinski definition) is 0. The van der Waals surface area contributed by atoms with Crippen LogP contribution in [-0.4, -0.2) is 85.6 Å². The molecule has 1 saturated carbocycles. The van der Waals surface area contributed by atoms with Crippen LogP contribution in [0.2, 0.25) is 5.02 Å². The van der Waals surface area contributed by atoms with E-state index in [4.69, 9.17) is 21.3 Å². The van der Waals surface area contributed by atoms with E-state index in [9.17, 15) is 9.59 Å². The van der Waals surface area contributed by atoms with Crippen LogP contribution in [0.5, 0.6) is 0 Å². The number of rotatable bonds is 6. The molecule has 3 fully saturated rings. The van der Waals surface area contributed by atoms with E-state index in [2.05, 4.69) is 48.6 Å². The van der Waals surface area contributed by atoms with E-state index in [1.807, 2.05) is 36.6 Å². The Morgan fingerprint density at radius 3 is 2.62 bits per heavy atom. The van der Waals surface area contributed by atoms with Crippen molar-refractivity contribution in [3.8, 4) is 0 Å². The van der Waals surface area contributed by atoms with E-state index < -0.39 is 6.04 Å². The predicted molar refractivity (Wildman–Crippen MR) is 184 cm³/mol. The predicted octanol–water partition coefficient (Wildman–Crippen LogP) is 6.73. The highest BCUT2D eigenvalue weighted by atomic mass is 79.9. The second-order valence-corrected chi connectivity index (χ2v) is 15.0. The minimum Gasteiger partial charge on any atom is -0.446 e. The first kappa shape index (κ1) is 32.6. The first-order valence-electron chi connectivity index (χ1n) is 17.3. The molecule has 0 radical (unpaired) electrons. The van der Waals surface area contributed by atoms with Crippen LogP contribution in [0.4, 0.5) is 4.79 Å². The van der Waals surface area contributed by atoms with Crippen LogP contribution in [0.1, 0.15) is 85.5 Å². The van der Waals surface area contributed by atoms with Crippen molar-refractivity contribution < 1.29 is 14.3 Å². The van der Waals surface area contributed by atoms with Gasteiger partial charge in [-0.3, -0.25) is 19.6 Å². The summed E-state index contributed by atoms with van der Waals surface area (Å²) in [6.45, 7) is 4.94. The van der Waals surface area contributed by atoms with Crippen molar-refractivity contribution in [2.75, 3.05) is 26.2 Å². The molecule has 1 aromatic carbocycles. The van der Waals surface area contributed by atoms with Crippen molar-refractivity contribution in [1.82, 2.24) is 29.2 Å². The number of likely N-dealkylation sites (tertiary alicyclic amines) is 1. The molecule has 4 heterocycles. The highest BCUT2D eigenvalue weighted by Crippen LogP contribution is 2.39. The lowest BCUT2D eigenvalue weighted by Crippen LogP contribution is -2.62. The van der Waals surface area contributed by atoms with E-state index in [0.717, 1.165) is 85.2 Å². The molecule has 250 valence electrons. The summed E-state index contributed by atoms with van der Waals surface area (Å²) in [5.41, 5.74) is 5.56. The Labute approximate surface area is 290 Å². The zero-order valence-electron chi connectivity index (χ0n) is 27.1. The summed E-state index contributed by atoms with van der Waals surface area (Å²) in [6, 6.07) is 7.64. The lowest BCUT2D eigenvalue weighted by Gasteiger charge is -2.45. The number of ether oxygens (including phenoxy) is 1. The van der Waals surface area contributed by atoms with Gasteiger partial charge in [-0.05, 0) is 116 Å². The third-order valence-corrected chi connectivity index (χ3v) is 11.2. The normalized spacial score (nSPS) is 23.7. The highest BCUT2D eigenvalue weighted by molar-refractivity contribution is 9.10. The van der Waals surface area contributed by atoms with Crippen LogP contribution in [0, 0.1) is 6.92 Å². The van der Waals surface area contributed by atoms with Gasteiger partial charge < -0.3 is 14.2 Å². The van der Waals surface area contributed by atoms with Crippen LogP contribution >= 0.6 is 27.5 Å². The van der Waals surface area contributed by atoms with Crippen LogP contribution in [0.15, 0.2) is 47.5 Å². The van der Waals surface area contributed by atoms with E-state index in [-0.39, 0.29) is 30.2 Å². The van der Waals surface area contributed by atoms with Gasteiger partial charge in [0.1, 0.15) is 12.1 Å². The summed E-state index contributed by atoms with van der Waals surface area (Å²) in [7, 11) is 0. The molecule has 4 aliphatic rings. The number of pyridine rings is 1. The van der Waals surface area contributed by atoms with Gasteiger partial charge in [0.25, 0.3) is 0 Å². The summed E-state index contributed by atoms with van der Waals surface area (Å²) in [6.07, 6.45) is 15.0. The molecule has 2 aromatic heterocycles. The molecule has 2 aliphatic carbocycles. The standard InChI is InChI=1S/C36H44BrClN6O3/c1-24-21-41(23-40-24)15-13-29-6-5-14-43(29)35(45)32-22-42(16-17-44(32)36(46)47-30-7-3-2-4-8-30)34-31-12-11-28(38)19-25(31)9-10-26-18-27(37)20-39-33(26)34/h11-12,18-21,23,29-30,32,34H,2-10,13-17,22H2,1H3/t29-,32-,34?/m1/s1. The Morgan fingerprint density at radius 2 is 1.81 bits per heavy atom. The summed E-state index contributed by atoms with van der Waals surface area (Å²) in [4.78, 5) is 44.1. The number of benzene rings is 1. The lowest BCUT2D eigenvalue weighted by atomic mass is 9.95. The van der Waals surface area contributed by atoms with Gasteiger partial charge in [-0.1, -0.05) is 24.1 Å². The van der Waals surface area contributed by atoms with Crippen LogP contribution in [-0.2, 0) is 28.9 Å². The molecule has 7 rings (SSSR count). The van der Waals surface area contributed by atoms with Gasteiger partial charge in [0, 0.05) is 60.7 Å². The summed E-state index contributed by atoms with van der Waals surface area (Å²) in [5, 5.41) is 0.719. The fourth-order valence-electron chi connectivity index (χ4n) is 8.15. The molecule has 2 aliphatic heterocycles. The quantitative estimate of drug-likeness (QED) is 0.281. The molecule has 47 heavy (non-hydrogen) atoms. The third-order valence-electron chi connectivity index (χ3n) is 10.5. The Kier molecular flexibility index (Phi) is 9.89. The van der Waals surface area contributed by atoms with Crippen molar-refractivity contribution in [3.63, 3.8) is 0 Å². The largest absolute Gasteiger partial charge is 0.446 e. The molecule has 0 bridgehead atoms. The molecule has 0 spiro atoms. The monoisotopic (exact) mass is 722 g/mol. The van der Waals surface area contributed by atoms with E-state index in [1.165, 1.54) is 23.1 Å². The zero-order valence-corrected chi connectivity index (χ0v) is 29.5. The Bertz CT molecular complexity index is 1560. The van der Waals surface area contributed by atoms with Gasteiger partial charge in [0.05, 0.1) is 23.8 Å². The first-order valence-corrected chi connectivity index (χ1v) is 18.4. The fraction of sp³-hybridized carbons (Fsp3) is 0.556. The number of hydrogen-bond acceptors (Lipinski definition) is 6. The minimum atomic E-state index is -0.645. The first-order chi connectivity index (χ1) is 22.8. The maximum atomic E-state index is 14.7. The molecule has 2 saturated heterocycles. The fourth-order valence-corrected chi connectivity index (χ4v) is 8.73. The van der Waals surface area contributed by atoms with Crippen molar-refractivity contribution >= 4 is 39.5 Å². The molecule has 0 N–H and O–H groups in total. The van der Waals surface area contributed by atoms with E-state index >= 15 is 0 Å². The number of aryl methyl sites for hydroxylation is 4. The second kappa shape index (κ2) is 14.3. The van der Waals surface area contributed by atoms with Gasteiger partial charge in [0.15, 0.2) is 0 Å². The zero-order chi connectivity index (χ0) is 32.5. The van der Waals surface area contributed by atoms with Crippen molar-refractivity contribution in [2.24, 2.45) is 0 Å². The number of halogens is 2. The van der Waals surface area contributed by atoms with Crippen molar-refractivity contribution in [2.45, 2.75) is 102 Å². The van der Waals surface area contributed by atoms with E-state index in [0.29, 0.717) is 26.2 Å². The number of piperazine rings is 1. The Hall–Kier alpha value is -2.95. The summed E-state index contributed by atoms with van der Waals surface area (Å²) in [5.74, 6) is 0.0218. The van der Waals surface area contributed by atoms with Gasteiger partial charge >= 0.3 is 6.09 Å². The molecule has 3 atom stereocenters. The van der Waals surface area contributed by atoms with Gasteiger partial charge in [-0.25, -0.2) is 9.78 Å². The second-order valence-electron chi connectivity index (χ2n) is 13.7. The Balaban J connectivity index is 1.19. The molecular weight excluding hydrogens is 680 g/mol. The Morgan fingerprint density at radius 1 is 0.979 bits per heavy atom. The minimum absolute atomic E-state index is 0.0218. The number of amides is 2. The SMILES string of the molecule is Cc1cn(CC[C@H]2CCCN2C(=O)[C@H]2CN(C3c4ccc(Cl)cc4CCc4cc(Br)cnc43)CCN2C(=O)OC2CCCCC2)cn1. The number of carbonyl (C=O) groups excluding carboxylic acids is 2. The summed E-state index contributed by atoms with van der Waals surface area (Å²) < 4.78 is 9.16. The van der Waals surface area contributed by atoms with Crippen LogP contribution in [0.25, 0.3) is 0 Å². The molecule has 1 unspecified atom stereocenters. The lowest BCUT2D eigenvalue weighted by molar-refractivity contribution is -0.140.